The first-order chi connectivity index (χ1) is 20.6. The first-order valence-corrected chi connectivity index (χ1v) is 16.2. The Hall–Kier alpha value is -3.91. The molecule has 1 amide bonds. The van der Waals surface area contributed by atoms with Crippen molar-refractivity contribution in [3.63, 3.8) is 0 Å². The monoisotopic (exact) mass is 635 g/mol. The number of hydrogen-bond acceptors (Lipinski definition) is 5. The largest absolute Gasteiger partial charge is 0.291 e. The highest BCUT2D eigenvalue weighted by Crippen LogP contribution is 2.63. The highest BCUT2D eigenvalue weighted by Gasteiger charge is 2.52. The molecule has 0 aliphatic rings. The Labute approximate surface area is 256 Å². The molecule has 0 atom stereocenters. The van der Waals surface area contributed by atoms with Gasteiger partial charge in [-0.2, -0.15) is 0 Å². The SMILES string of the molecule is O=C(N/C(=C(/Cl)c1ccc(F)cc1)[P+](c1ccccc1)(c1ccccc1)c1ccccc1)c1ccccc1.[O-][Cl+3]([O-])([O-])[O-]. The Morgan fingerprint density at radius 3 is 1.30 bits per heavy atom. The van der Waals surface area contributed by atoms with Gasteiger partial charge in [0.2, 0.25) is 0 Å². The van der Waals surface area contributed by atoms with Crippen LogP contribution >= 0.6 is 18.9 Å². The summed E-state index contributed by atoms with van der Waals surface area (Å²) in [6, 6.07) is 45.5. The Balaban J connectivity index is 0.000000782. The summed E-state index contributed by atoms with van der Waals surface area (Å²) < 4.78 is 47.9. The molecule has 1 N–H and O–H groups in total. The average molecular weight is 636 g/mol. The number of amides is 1. The fourth-order valence-corrected chi connectivity index (χ4v) is 9.35. The Morgan fingerprint density at radius 1 is 0.581 bits per heavy atom. The van der Waals surface area contributed by atoms with E-state index in [1.807, 2.05) is 72.8 Å². The minimum atomic E-state index is -4.94. The summed E-state index contributed by atoms with van der Waals surface area (Å²) in [5.41, 5.74) is 1.72. The Bertz CT molecular complexity index is 1550. The zero-order chi connectivity index (χ0) is 30.9. The second-order valence-electron chi connectivity index (χ2n) is 9.05. The van der Waals surface area contributed by atoms with Gasteiger partial charge in [0.15, 0.2) is 12.7 Å². The van der Waals surface area contributed by atoms with Gasteiger partial charge in [0.05, 0.1) is 0 Å². The number of halogens is 3. The van der Waals surface area contributed by atoms with E-state index < -0.39 is 17.5 Å². The second-order valence-corrected chi connectivity index (χ2v) is 13.5. The van der Waals surface area contributed by atoms with Crippen molar-refractivity contribution < 1.29 is 38.1 Å². The zero-order valence-corrected chi connectivity index (χ0v) is 24.9. The van der Waals surface area contributed by atoms with E-state index in [4.69, 9.17) is 30.2 Å². The molecule has 0 aromatic heterocycles. The molecule has 0 fully saturated rings. The van der Waals surface area contributed by atoms with Crippen molar-refractivity contribution in [2.75, 3.05) is 0 Å². The molecule has 5 rings (SSSR count). The van der Waals surface area contributed by atoms with Crippen LogP contribution in [-0.4, -0.2) is 5.91 Å². The summed E-state index contributed by atoms with van der Waals surface area (Å²) in [5.74, 6) is -0.628. The van der Waals surface area contributed by atoms with Crippen molar-refractivity contribution in [1.82, 2.24) is 5.32 Å². The molecule has 0 spiro atoms. The van der Waals surface area contributed by atoms with Gasteiger partial charge < -0.3 is 0 Å². The molecule has 5 aromatic carbocycles. The van der Waals surface area contributed by atoms with Crippen molar-refractivity contribution in [3.05, 3.63) is 168 Å². The van der Waals surface area contributed by atoms with Gasteiger partial charge in [-0.3, -0.25) is 10.1 Å². The van der Waals surface area contributed by atoms with Crippen molar-refractivity contribution in [1.29, 1.82) is 0 Å². The van der Waals surface area contributed by atoms with Crippen molar-refractivity contribution in [3.8, 4) is 0 Å². The standard InChI is InChI=1S/C33H24ClFNOP.ClHO4/c34-31(25-21-23-27(35)24-22-25)33(36-32(37)26-13-5-1-6-14-26)38(28-15-7-2-8-16-28,29-17-9-3-10-18-29)30-19-11-4-12-20-30;2-1(3,4)5/h1-24H;(H,2,3,4,5)/b33-31-;. The molecule has 10 heteroatoms. The number of nitrogens with one attached hydrogen (secondary N) is 1. The molecule has 218 valence electrons. The molecule has 0 unspecified atom stereocenters. The number of carbonyl (C=O) groups is 1. The molecule has 6 nitrogen and oxygen atoms in total. The summed E-state index contributed by atoms with van der Waals surface area (Å²) in [6.45, 7) is 0. The zero-order valence-electron chi connectivity index (χ0n) is 22.5. The molecule has 0 saturated heterocycles. The van der Waals surface area contributed by atoms with Crippen LogP contribution in [0.25, 0.3) is 5.03 Å². The molecule has 43 heavy (non-hydrogen) atoms. The van der Waals surface area contributed by atoms with Crippen LogP contribution in [0.2, 0.25) is 0 Å². The maximum absolute atomic E-state index is 13.9. The van der Waals surface area contributed by atoms with E-state index in [0.717, 1.165) is 15.9 Å². The van der Waals surface area contributed by atoms with Crippen LogP contribution in [0, 0.1) is 16.1 Å². The van der Waals surface area contributed by atoms with Crippen LogP contribution in [0.1, 0.15) is 15.9 Å². The normalized spacial score (nSPS) is 12.0. The van der Waals surface area contributed by atoms with Gasteiger partial charge in [-0.25, -0.2) is 23.0 Å². The third-order valence-electron chi connectivity index (χ3n) is 6.34. The Kier molecular flexibility index (Phi) is 10.8. The van der Waals surface area contributed by atoms with E-state index in [1.165, 1.54) is 12.1 Å². The quantitative estimate of drug-likeness (QED) is 0.275. The average Bonchev–Trinajstić information content (AvgIpc) is 3.02. The minimum absolute atomic E-state index is 0.270. The van der Waals surface area contributed by atoms with Crippen molar-refractivity contribution in [2.24, 2.45) is 0 Å². The number of hydrogen-bond donors (Lipinski definition) is 1. The van der Waals surface area contributed by atoms with Gasteiger partial charge >= 0.3 is 0 Å². The number of benzene rings is 5. The number of rotatable bonds is 7. The molecule has 0 aliphatic carbocycles. The van der Waals surface area contributed by atoms with Gasteiger partial charge in [0, 0.05) is 5.56 Å². The van der Waals surface area contributed by atoms with Crippen molar-refractivity contribution >= 4 is 45.7 Å². The van der Waals surface area contributed by atoms with Crippen LogP contribution < -0.4 is 39.9 Å². The predicted molar refractivity (Wildman–Crippen MR) is 158 cm³/mol. The summed E-state index contributed by atoms with van der Waals surface area (Å²) in [7, 11) is -7.69. The minimum Gasteiger partial charge on any atom is -0.291 e. The van der Waals surface area contributed by atoms with Gasteiger partial charge in [-0.05, 0) is 66.2 Å². The van der Waals surface area contributed by atoms with E-state index >= 15 is 0 Å². The molecule has 0 bridgehead atoms. The smallest absolute Gasteiger partial charge is 0.258 e. The lowest BCUT2D eigenvalue weighted by molar-refractivity contribution is -2.00. The topological polar surface area (TPSA) is 121 Å². The third-order valence-corrected chi connectivity index (χ3v) is 11.1. The lowest BCUT2D eigenvalue weighted by Crippen LogP contribution is -2.68. The fraction of sp³-hybridized carbons (Fsp3) is 0. The van der Waals surface area contributed by atoms with E-state index in [2.05, 4.69) is 41.7 Å². The third kappa shape index (κ3) is 8.14. The van der Waals surface area contributed by atoms with E-state index in [0.29, 0.717) is 21.6 Å². The summed E-state index contributed by atoms with van der Waals surface area (Å²) in [4.78, 5) is 13.7. The lowest BCUT2D eigenvalue weighted by Gasteiger charge is -2.30. The molecular formula is C33H25Cl2FNO5P. The van der Waals surface area contributed by atoms with Gasteiger partial charge in [0.25, 0.3) is 5.91 Å². The molecule has 0 radical (unpaired) electrons. The van der Waals surface area contributed by atoms with E-state index in [9.17, 15) is 9.18 Å². The van der Waals surface area contributed by atoms with Gasteiger partial charge in [-0.15, -0.1) is 10.2 Å². The summed E-state index contributed by atoms with van der Waals surface area (Å²) in [6.07, 6.45) is 0. The highest BCUT2D eigenvalue weighted by molar-refractivity contribution is 7.99. The van der Waals surface area contributed by atoms with Gasteiger partial charge in [0.1, 0.15) is 26.8 Å². The molecular weight excluding hydrogens is 611 g/mol. The van der Waals surface area contributed by atoms with Crippen molar-refractivity contribution in [2.45, 2.75) is 0 Å². The van der Waals surface area contributed by atoms with Crippen LogP contribution in [0.3, 0.4) is 0 Å². The second kappa shape index (κ2) is 14.5. The van der Waals surface area contributed by atoms with Crippen LogP contribution in [0.4, 0.5) is 4.39 Å². The molecule has 0 saturated carbocycles. The molecule has 5 aromatic rings. The molecule has 0 heterocycles. The highest BCUT2D eigenvalue weighted by atomic mass is 35.7. The first-order valence-electron chi connectivity index (χ1n) is 12.8. The summed E-state index contributed by atoms with van der Waals surface area (Å²) in [5, 5.41) is 6.69. The summed E-state index contributed by atoms with van der Waals surface area (Å²) >= 11 is 7.26. The predicted octanol–water partition coefficient (Wildman–Crippen LogP) is 2.36. The van der Waals surface area contributed by atoms with E-state index in [1.54, 1.807) is 24.3 Å². The Morgan fingerprint density at radius 2 is 0.930 bits per heavy atom. The number of carbonyl (C=O) groups excluding carboxylic acids is 1. The molecule has 0 aliphatic heterocycles. The van der Waals surface area contributed by atoms with Crippen LogP contribution in [0.5, 0.6) is 0 Å². The van der Waals surface area contributed by atoms with Gasteiger partial charge in [-0.1, -0.05) is 96.5 Å². The van der Waals surface area contributed by atoms with Crippen LogP contribution in [0.15, 0.2) is 151 Å². The maximum atomic E-state index is 13.9. The fourth-order valence-electron chi connectivity index (χ4n) is 4.58. The maximum Gasteiger partial charge on any atom is 0.258 e. The van der Waals surface area contributed by atoms with Crippen LogP contribution in [-0.2, 0) is 0 Å². The van der Waals surface area contributed by atoms with E-state index in [-0.39, 0.29) is 11.7 Å². The first kappa shape index (κ1) is 32.0. The lowest BCUT2D eigenvalue weighted by atomic mass is 10.2.